The Morgan fingerprint density at radius 1 is 1.22 bits per heavy atom. The van der Waals surface area contributed by atoms with Gasteiger partial charge >= 0.3 is 12.1 Å². The first-order chi connectivity index (χ1) is 10.8. The molecule has 0 radical (unpaired) electrons. The molecule has 3 amide bonds. The van der Waals surface area contributed by atoms with Gasteiger partial charge in [0.05, 0.1) is 0 Å². The van der Waals surface area contributed by atoms with Crippen LogP contribution in [0.4, 0.5) is 15.3 Å². The molecular formula is C17H23N3O3. The molecule has 23 heavy (non-hydrogen) atoms. The maximum atomic E-state index is 12.2. The van der Waals surface area contributed by atoms with E-state index in [1.54, 1.807) is 9.80 Å². The van der Waals surface area contributed by atoms with Crippen LogP contribution in [0.1, 0.15) is 31.9 Å². The molecule has 2 aliphatic rings. The van der Waals surface area contributed by atoms with Crippen molar-refractivity contribution in [1.82, 2.24) is 10.2 Å². The molecule has 0 saturated carbocycles. The largest absolute Gasteiger partial charge is 0.444 e. The molecule has 0 bridgehead atoms. The number of carbonyl (C=O) groups excluding carboxylic acids is 2. The Morgan fingerprint density at radius 3 is 2.65 bits per heavy atom. The van der Waals surface area contributed by atoms with Gasteiger partial charge in [0.2, 0.25) is 0 Å². The summed E-state index contributed by atoms with van der Waals surface area (Å²) in [6.45, 7) is 8.12. The first-order valence-corrected chi connectivity index (χ1v) is 7.98. The van der Waals surface area contributed by atoms with Crippen LogP contribution in [-0.4, -0.2) is 42.3 Å². The van der Waals surface area contributed by atoms with E-state index in [4.69, 9.17) is 4.74 Å². The van der Waals surface area contributed by atoms with Gasteiger partial charge in [0.1, 0.15) is 5.60 Å². The van der Waals surface area contributed by atoms with Crippen LogP contribution in [0.5, 0.6) is 0 Å². The van der Waals surface area contributed by atoms with Crippen molar-refractivity contribution in [2.45, 2.75) is 39.3 Å². The van der Waals surface area contributed by atoms with E-state index in [-0.39, 0.29) is 12.1 Å². The van der Waals surface area contributed by atoms with Crippen molar-refractivity contribution in [3.63, 3.8) is 0 Å². The topological polar surface area (TPSA) is 61.9 Å². The summed E-state index contributed by atoms with van der Waals surface area (Å²) in [6, 6.07) is 5.98. The van der Waals surface area contributed by atoms with Crippen LogP contribution in [-0.2, 0) is 17.7 Å². The van der Waals surface area contributed by atoms with E-state index in [1.807, 2.05) is 32.9 Å². The zero-order chi connectivity index (χ0) is 16.6. The molecule has 0 atom stereocenters. The summed E-state index contributed by atoms with van der Waals surface area (Å²) in [5.74, 6) is 0. The number of nitrogens with zero attached hydrogens (tertiary/aromatic N) is 2. The number of ether oxygens (including phenoxy) is 1. The highest BCUT2D eigenvalue weighted by atomic mass is 16.6. The third kappa shape index (κ3) is 3.41. The van der Waals surface area contributed by atoms with E-state index < -0.39 is 5.60 Å². The van der Waals surface area contributed by atoms with Crippen molar-refractivity contribution >= 4 is 17.8 Å². The maximum Gasteiger partial charge on any atom is 0.410 e. The van der Waals surface area contributed by atoms with Crippen molar-refractivity contribution in [3.8, 4) is 0 Å². The summed E-state index contributed by atoms with van der Waals surface area (Å²) in [5.41, 5.74) is 2.70. The Bertz CT molecular complexity index is 636. The van der Waals surface area contributed by atoms with Crippen molar-refractivity contribution in [3.05, 3.63) is 29.3 Å². The zero-order valence-corrected chi connectivity index (χ0v) is 13.9. The molecule has 0 aliphatic carbocycles. The second kappa shape index (κ2) is 5.76. The Balaban J connectivity index is 1.76. The Kier molecular flexibility index (Phi) is 3.92. The van der Waals surface area contributed by atoms with E-state index in [0.717, 1.165) is 17.7 Å². The number of hydrogen-bond donors (Lipinski definition) is 1. The fourth-order valence-corrected chi connectivity index (χ4v) is 2.91. The first kappa shape index (κ1) is 15.6. The normalized spacial score (nSPS) is 17.8. The number of rotatable bonds is 1. The van der Waals surface area contributed by atoms with Crippen LogP contribution in [0.3, 0.4) is 0 Å². The van der Waals surface area contributed by atoms with Crippen LogP contribution in [0.25, 0.3) is 0 Å². The highest BCUT2D eigenvalue weighted by Gasteiger charge is 2.27. The molecule has 6 heteroatoms. The quantitative estimate of drug-likeness (QED) is 0.865. The third-order valence-electron chi connectivity index (χ3n) is 4.02. The third-order valence-corrected chi connectivity index (χ3v) is 4.02. The summed E-state index contributed by atoms with van der Waals surface area (Å²) >= 11 is 0. The summed E-state index contributed by atoms with van der Waals surface area (Å²) < 4.78 is 5.45. The van der Waals surface area contributed by atoms with Crippen molar-refractivity contribution < 1.29 is 14.3 Å². The Labute approximate surface area is 136 Å². The molecule has 2 heterocycles. The van der Waals surface area contributed by atoms with Gasteiger partial charge in [0.25, 0.3) is 0 Å². The van der Waals surface area contributed by atoms with E-state index in [2.05, 4.69) is 11.4 Å². The molecule has 0 unspecified atom stereocenters. The van der Waals surface area contributed by atoms with Crippen LogP contribution >= 0.6 is 0 Å². The van der Waals surface area contributed by atoms with Crippen LogP contribution in [0.15, 0.2) is 18.2 Å². The average molecular weight is 317 g/mol. The number of carbonyl (C=O) groups is 2. The van der Waals surface area contributed by atoms with Gasteiger partial charge in [-0.2, -0.15) is 0 Å². The summed E-state index contributed by atoms with van der Waals surface area (Å²) in [4.78, 5) is 27.5. The molecule has 6 nitrogen and oxygen atoms in total. The molecule has 2 aliphatic heterocycles. The van der Waals surface area contributed by atoms with Crippen LogP contribution in [0, 0.1) is 0 Å². The first-order valence-electron chi connectivity index (χ1n) is 7.98. The number of fused-ring (bicyclic) bond motifs is 1. The lowest BCUT2D eigenvalue weighted by atomic mass is 9.99. The molecule has 0 aromatic heterocycles. The monoisotopic (exact) mass is 317 g/mol. The van der Waals surface area contributed by atoms with Crippen molar-refractivity contribution in [2.75, 3.05) is 24.5 Å². The molecule has 1 aromatic carbocycles. The van der Waals surface area contributed by atoms with E-state index in [1.165, 1.54) is 5.56 Å². The molecule has 1 aromatic rings. The zero-order valence-electron chi connectivity index (χ0n) is 13.9. The van der Waals surface area contributed by atoms with Gasteiger partial charge < -0.3 is 15.0 Å². The highest BCUT2D eigenvalue weighted by Crippen LogP contribution is 2.26. The number of anilines is 1. The van der Waals surface area contributed by atoms with Gasteiger partial charge in [0.15, 0.2) is 0 Å². The van der Waals surface area contributed by atoms with E-state index in [9.17, 15) is 9.59 Å². The number of urea groups is 1. The maximum absolute atomic E-state index is 12.2. The summed E-state index contributed by atoms with van der Waals surface area (Å²) in [7, 11) is 0. The fourth-order valence-electron chi connectivity index (χ4n) is 2.91. The minimum Gasteiger partial charge on any atom is -0.444 e. The van der Waals surface area contributed by atoms with Crippen molar-refractivity contribution in [2.24, 2.45) is 0 Å². The average Bonchev–Trinajstić information content (AvgIpc) is 2.90. The lowest BCUT2D eigenvalue weighted by molar-refractivity contribution is 0.0224. The molecule has 124 valence electrons. The molecular weight excluding hydrogens is 294 g/mol. The van der Waals surface area contributed by atoms with Crippen LogP contribution < -0.4 is 10.2 Å². The number of hydrogen-bond acceptors (Lipinski definition) is 3. The lowest BCUT2D eigenvalue weighted by Crippen LogP contribution is -2.40. The van der Waals surface area contributed by atoms with E-state index >= 15 is 0 Å². The van der Waals surface area contributed by atoms with Gasteiger partial charge in [-0.1, -0.05) is 6.07 Å². The predicted molar refractivity (Wildman–Crippen MR) is 87.5 cm³/mol. The fraction of sp³-hybridized carbons (Fsp3) is 0.529. The highest BCUT2D eigenvalue weighted by molar-refractivity contribution is 5.94. The number of amides is 3. The molecule has 1 saturated heterocycles. The smallest absolute Gasteiger partial charge is 0.410 e. The van der Waals surface area contributed by atoms with Gasteiger partial charge in [-0.15, -0.1) is 0 Å². The second-order valence-electron chi connectivity index (χ2n) is 6.99. The number of benzene rings is 1. The van der Waals surface area contributed by atoms with Gasteiger partial charge in [-0.3, -0.25) is 4.90 Å². The van der Waals surface area contributed by atoms with E-state index in [0.29, 0.717) is 26.2 Å². The number of nitrogens with one attached hydrogen (secondary N) is 1. The SMILES string of the molecule is CC(C)(C)OC(=O)N1CCc2ccc(N3CCNC3=O)cc2C1. The summed E-state index contributed by atoms with van der Waals surface area (Å²) in [5, 5.41) is 2.80. The van der Waals surface area contributed by atoms with Gasteiger partial charge in [-0.25, -0.2) is 9.59 Å². The van der Waals surface area contributed by atoms with Gasteiger partial charge in [0, 0.05) is 31.9 Å². The molecule has 3 rings (SSSR count). The summed E-state index contributed by atoms with van der Waals surface area (Å²) in [6.07, 6.45) is 0.522. The molecule has 0 spiro atoms. The predicted octanol–water partition coefficient (Wildman–Crippen LogP) is 2.51. The Hall–Kier alpha value is -2.24. The molecule has 1 N–H and O–H groups in total. The van der Waals surface area contributed by atoms with Crippen LogP contribution in [0.2, 0.25) is 0 Å². The van der Waals surface area contributed by atoms with Gasteiger partial charge in [-0.05, 0) is 50.5 Å². The minimum atomic E-state index is -0.493. The Morgan fingerprint density at radius 2 is 2.00 bits per heavy atom. The van der Waals surface area contributed by atoms with Crippen molar-refractivity contribution in [1.29, 1.82) is 0 Å². The molecule has 1 fully saturated rings. The second-order valence-corrected chi connectivity index (χ2v) is 6.99. The standard InChI is InChI=1S/C17H23N3O3/c1-17(2,3)23-16(22)19-8-6-12-4-5-14(10-13(12)11-19)20-9-7-18-15(20)21/h4-5,10H,6-9,11H2,1-3H3,(H,18,21). The minimum absolute atomic E-state index is 0.0650. The lowest BCUT2D eigenvalue weighted by Gasteiger charge is -2.31.